The zero-order valence-corrected chi connectivity index (χ0v) is 11.9. The second kappa shape index (κ2) is 5.87. The molecule has 2 rings (SSSR count). The van der Waals surface area contributed by atoms with E-state index in [0.717, 1.165) is 10.2 Å². The minimum atomic E-state index is 0.202. The summed E-state index contributed by atoms with van der Waals surface area (Å²) in [6.07, 6.45) is 2.09. The van der Waals surface area contributed by atoms with E-state index >= 15 is 0 Å². The maximum Gasteiger partial charge on any atom is 0.0289 e. The van der Waals surface area contributed by atoms with E-state index in [-0.39, 0.29) is 5.92 Å². The monoisotopic (exact) mass is 301 g/mol. The summed E-state index contributed by atoms with van der Waals surface area (Å²) in [6, 6.07) is 18.7. The molecule has 0 fully saturated rings. The Morgan fingerprint density at radius 2 is 1.72 bits per heavy atom. The van der Waals surface area contributed by atoms with E-state index < -0.39 is 0 Å². The second-order valence-corrected chi connectivity index (χ2v) is 5.27. The van der Waals surface area contributed by atoms with Crippen molar-refractivity contribution in [3.8, 4) is 0 Å². The lowest BCUT2D eigenvalue weighted by atomic mass is 9.90. The van der Waals surface area contributed by atoms with Gasteiger partial charge in [0.15, 0.2) is 0 Å². The van der Waals surface area contributed by atoms with Gasteiger partial charge < -0.3 is 5.73 Å². The summed E-state index contributed by atoms with van der Waals surface area (Å²) >= 11 is 3.52. The largest absolute Gasteiger partial charge is 0.402 e. The molecule has 0 aliphatic rings. The van der Waals surface area contributed by atoms with Crippen molar-refractivity contribution in [3.05, 3.63) is 82.0 Å². The van der Waals surface area contributed by atoms with E-state index in [1.807, 2.05) is 19.1 Å². The van der Waals surface area contributed by atoms with Gasteiger partial charge in [-0.25, -0.2) is 0 Å². The fourth-order valence-corrected chi connectivity index (χ4v) is 2.43. The van der Waals surface area contributed by atoms with Gasteiger partial charge in [-0.3, -0.25) is 0 Å². The van der Waals surface area contributed by atoms with Gasteiger partial charge in [0.25, 0.3) is 0 Å². The summed E-state index contributed by atoms with van der Waals surface area (Å²) in [7, 11) is 0. The van der Waals surface area contributed by atoms with Crippen molar-refractivity contribution in [2.75, 3.05) is 0 Å². The molecule has 2 N–H and O–H groups in total. The standard InChI is InChI=1S/C16H16BrN/c1-12(18)10-16(13-6-3-2-4-7-13)14-8-5-9-15(17)11-14/h2-11,16H,18H2,1H3/b12-10+. The van der Waals surface area contributed by atoms with Crippen molar-refractivity contribution in [2.45, 2.75) is 12.8 Å². The van der Waals surface area contributed by atoms with Crippen LogP contribution in [0.1, 0.15) is 24.0 Å². The Morgan fingerprint density at radius 1 is 1.06 bits per heavy atom. The van der Waals surface area contributed by atoms with Crippen LogP contribution in [0.5, 0.6) is 0 Å². The van der Waals surface area contributed by atoms with Crippen LogP contribution in [0.4, 0.5) is 0 Å². The van der Waals surface area contributed by atoms with Gasteiger partial charge in [0.1, 0.15) is 0 Å². The number of rotatable bonds is 3. The van der Waals surface area contributed by atoms with Crippen LogP contribution in [0.15, 0.2) is 70.8 Å². The minimum Gasteiger partial charge on any atom is -0.402 e. The third kappa shape index (κ3) is 3.23. The number of benzene rings is 2. The summed E-state index contributed by atoms with van der Waals surface area (Å²) < 4.78 is 1.09. The molecule has 1 unspecified atom stereocenters. The minimum absolute atomic E-state index is 0.202. The maximum absolute atomic E-state index is 5.86. The summed E-state index contributed by atoms with van der Waals surface area (Å²) in [6.45, 7) is 1.92. The molecule has 0 saturated heterocycles. The number of allylic oxidation sites excluding steroid dienone is 2. The molecule has 1 atom stereocenters. The van der Waals surface area contributed by atoms with Crippen molar-refractivity contribution in [3.63, 3.8) is 0 Å². The van der Waals surface area contributed by atoms with Gasteiger partial charge in [-0.2, -0.15) is 0 Å². The molecule has 0 saturated carbocycles. The summed E-state index contributed by atoms with van der Waals surface area (Å²) in [4.78, 5) is 0. The first kappa shape index (κ1) is 12.9. The van der Waals surface area contributed by atoms with E-state index in [1.165, 1.54) is 11.1 Å². The molecule has 18 heavy (non-hydrogen) atoms. The first-order valence-corrected chi connectivity index (χ1v) is 6.70. The summed E-state index contributed by atoms with van der Waals surface area (Å²) in [5.74, 6) is 0.202. The Bertz CT molecular complexity index is 542. The van der Waals surface area contributed by atoms with Crippen molar-refractivity contribution in [1.82, 2.24) is 0 Å². The SMILES string of the molecule is C/C(N)=C\C(c1ccccc1)c1cccc(Br)c1. The zero-order chi connectivity index (χ0) is 13.0. The molecule has 1 nitrogen and oxygen atoms in total. The lowest BCUT2D eigenvalue weighted by molar-refractivity contribution is 1.00. The number of halogens is 1. The molecule has 0 aliphatic heterocycles. The summed E-state index contributed by atoms with van der Waals surface area (Å²) in [5, 5.41) is 0. The van der Waals surface area contributed by atoms with Crippen molar-refractivity contribution in [1.29, 1.82) is 0 Å². The van der Waals surface area contributed by atoms with Crippen LogP contribution >= 0.6 is 15.9 Å². The highest BCUT2D eigenvalue weighted by atomic mass is 79.9. The van der Waals surface area contributed by atoms with Gasteiger partial charge in [-0.15, -0.1) is 0 Å². The highest BCUT2D eigenvalue weighted by molar-refractivity contribution is 9.10. The van der Waals surface area contributed by atoms with Gasteiger partial charge in [0.2, 0.25) is 0 Å². The van der Waals surface area contributed by atoms with Crippen LogP contribution in [-0.4, -0.2) is 0 Å². The van der Waals surface area contributed by atoms with Crippen molar-refractivity contribution < 1.29 is 0 Å². The van der Waals surface area contributed by atoms with E-state index in [9.17, 15) is 0 Å². The molecular formula is C16H16BrN. The Balaban J connectivity index is 2.47. The van der Waals surface area contributed by atoms with Gasteiger partial charge in [-0.1, -0.05) is 64.5 Å². The highest BCUT2D eigenvalue weighted by Gasteiger charge is 2.11. The van der Waals surface area contributed by atoms with E-state index in [2.05, 4.69) is 64.5 Å². The molecule has 2 aromatic carbocycles. The first-order valence-electron chi connectivity index (χ1n) is 5.91. The predicted octanol–water partition coefficient (Wildman–Crippen LogP) is 4.44. The van der Waals surface area contributed by atoms with Gasteiger partial charge in [-0.05, 0) is 30.2 Å². The molecule has 0 amide bonds. The third-order valence-electron chi connectivity index (χ3n) is 2.80. The van der Waals surface area contributed by atoms with Crippen LogP contribution < -0.4 is 5.73 Å². The molecule has 0 aliphatic carbocycles. The molecule has 2 aromatic rings. The predicted molar refractivity (Wildman–Crippen MR) is 80.4 cm³/mol. The summed E-state index contributed by atoms with van der Waals surface area (Å²) in [5.41, 5.74) is 9.18. The number of hydrogen-bond donors (Lipinski definition) is 1. The first-order chi connectivity index (χ1) is 8.66. The average molecular weight is 302 g/mol. The Kier molecular flexibility index (Phi) is 4.21. The Hall–Kier alpha value is -1.54. The van der Waals surface area contributed by atoms with E-state index in [1.54, 1.807) is 0 Å². The van der Waals surface area contributed by atoms with E-state index in [4.69, 9.17) is 5.73 Å². The smallest absolute Gasteiger partial charge is 0.0289 e. The molecule has 0 bridgehead atoms. The average Bonchev–Trinajstić information content (AvgIpc) is 2.37. The lowest BCUT2D eigenvalue weighted by Crippen LogP contribution is -2.01. The maximum atomic E-state index is 5.86. The van der Waals surface area contributed by atoms with Crippen LogP contribution in [0.2, 0.25) is 0 Å². The molecule has 0 heterocycles. The molecule has 0 radical (unpaired) electrons. The number of hydrogen-bond acceptors (Lipinski definition) is 1. The topological polar surface area (TPSA) is 26.0 Å². The fraction of sp³-hybridized carbons (Fsp3) is 0.125. The molecule has 2 heteroatoms. The molecular weight excluding hydrogens is 286 g/mol. The normalized spacial score (nSPS) is 13.3. The quantitative estimate of drug-likeness (QED) is 0.891. The van der Waals surface area contributed by atoms with E-state index in [0.29, 0.717) is 0 Å². The van der Waals surface area contributed by atoms with Crippen LogP contribution in [0.25, 0.3) is 0 Å². The second-order valence-electron chi connectivity index (χ2n) is 4.35. The third-order valence-corrected chi connectivity index (χ3v) is 3.29. The van der Waals surface area contributed by atoms with Gasteiger partial charge in [0, 0.05) is 16.1 Å². The number of nitrogens with two attached hydrogens (primary N) is 1. The Labute approximate surface area is 116 Å². The fourth-order valence-electron chi connectivity index (χ4n) is 2.01. The van der Waals surface area contributed by atoms with Crippen LogP contribution in [0, 0.1) is 0 Å². The van der Waals surface area contributed by atoms with Crippen molar-refractivity contribution in [2.24, 2.45) is 5.73 Å². The zero-order valence-electron chi connectivity index (χ0n) is 10.3. The van der Waals surface area contributed by atoms with Gasteiger partial charge in [0.05, 0.1) is 0 Å². The lowest BCUT2D eigenvalue weighted by Gasteiger charge is -2.15. The van der Waals surface area contributed by atoms with Crippen molar-refractivity contribution >= 4 is 15.9 Å². The van der Waals surface area contributed by atoms with Crippen LogP contribution in [-0.2, 0) is 0 Å². The van der Waals surface area contributed by atoms with Crippen LogP contribution in [0.3, 0.4) is 0 Å². The Morgan fingerprint density at radius 3 is 2.33 bits per heavy atom. The molecule has 0 aromatic heterocycles. The molecule has 0 spiro atoms. The highest BCUT2D eigenvalue weighted by Crippen LogP contribution is 2.28. The molecule has 92 valence electrons. The van der Waals surface area contributed by atoms with Gasteiger partial charge >= 0.3 is 0 Å².